The van der Waals surface area contributed by atoms with Crippen molar-refractivity contribution in [2.45, 2.75) is 27.2 Å². The van der Waals surface area contributed by atoms with Crippen LogP contribution < -0.4 is 10.1 Å². The number of rotatable bonds is 5. The van der Waals surface area contributed by atoms with E-state index in [1.807, 2.05) is 18.2 Å². The molecule has 0 saturated heterocycles. The number of nitrogens with zero attached hydrogens (tertiary/aromatic N) is 1. The van der Waals surface area contributed by atoms with Gasteiger partial charge >= 0.3 is 0 Å². The minimum atomic E-state index is 0.296. The number of aromatic nitrogens is 1. The lowest BCUT2D eigenvalue weighted by molar-refractivity contribution is 0.375. The molecule has 0 unspecified atom stereocenters. The Hall–Kier alpha value is -1.25. The van der Waals surface area contributed by atoms with Gasteiger partial charge in [-0.2, -0.15) is 4.98 Å². The van der Waals surface area contributed by atoms with Crippen LogP contribution in [0.2, 0.25) is 0 Å². The van der Waals surface area contributed by atoms with Gasteiger partial charge in [-0.1, -0.05) is 26.8 Å². The highest BCUT2D eigenvalue weighted by molar-refractivity contribution is 5.37. The van der Waals surface area contributed by atoms with E-state index in [0.29, 0.717) is 11.3 Å². The summed E-state index contributed by atoms with van der Waals surface area (Å²) in [5.74, 6) is 1.52. The quantitative estimate of drug-likeness (QED) is 0.807. The van der Waals surface area contributed by atoms with E-state index < -0.39 is 0 Å². The molecule has 3 heteroatoms. The van der Waals surface area contributed by atoms with E-state index in [9.17, 15) is 0 Å². The van der Waals surface area contributed by atoms with Gasteiger partial charge in [0.15, 0.2) is 0 Å². The van der Waals surface area contributed by atoms with Gasteiger partial charge in [-0.15, -0.1) is 0 Å². The second-order valence-electron chi connectivity index (χ2n) is 4.44. The number of pyridine rings is 1. The average molecular weight is 208 g/mol. The van der Waals surface area contributed by atoms with Gasteiger partial charge in [-0.3, -0.25) is 0 Å². The number of hydrogen-bond acceptors (Lipinski definition) is 3. The van der Waals surface area contributed by atoms with Crippen LogP contribution in [0.5, 0.6) is 5.88 Å². The molecule has 1 aromatic rings. The summed E-state index contributed by atoms with van der Waals surface area (Å²) in [5.41, 5.74) is 0.296. The van der Waals surface area contributed by atoms with Crippen molar-refractivity contribution in [2.75, 3.05) is 19.0 Å². The van der Waals surface area contributed by atoms with Crippen LogP contribution in [0.3, 0.4) is 0 Å². The lowest BCUT2D eigenvalue weighted by atomic mass is 9.90. The molecule has 84 valence electrons. The molecule has 0 aliphatic heterocycles. The first-order chi connectivity index (χ1) is 7.07. The third-order valence-corrected chi connectivity index (χ3v) is 2.64. The Morgan fingerprint density at radius 3 is 2.73 bits per heavy atom. The van der Waals surface area contributed by atoms with Crippen molar-refractivity contribution in [1.29, 1.82) is 0 Å². The van der Waals surface area contributed by atoms with Crippen LogP contribution in [0.25, 0.3) is 0 Å². The molecule has 0 aliphatic rings. The summed E-state index contributed by atoms with van der Waals surface area (Å²) in [5, 5.41) is 3.32. The summed E-state index contributed by atoms with van der Waals surface area (Å²) in [4.78, 5) is 4.30. The van der Waals surface area contributed by atoms with Gasteiger partial charge in [0.1, 0.15) is 5.82 Å². The summed E-state index contributed by atoms with van der Waals surface area (Å²) < 4.78 is 5.06. The Kier molecular flexibility index (Phi) is 3.95. The number of nitrogens with one attached hydrogen (secondary N) is 1. The third-order valence-electron chi connectivity index (χ3n) is 2.64. The maximum Gasteiger partial charge on any atom is 0.214 e. The van der Waals surface area contributed by atoms with Gasteiger partial charge in [0.2, 0.25) is 5.88 Å². The molecule has 0 atom stereocenters. The first-order valence-corrected chi connectivity index (χ1v) is 5.32. The van der Waals surface area contributed by atoms with Crippen LogP contribution in [0.1, 0.15) is 27.2 Å². The molecule has 0 spiro atoms. The van der Waals surface area contributed by atoms with Crippen LogP contribution in [0.4, 0.5) is 5.82 Å². The molecular formula is C12H20N2O. The maximum absolute atomic E-state index is 5.06. The van der Waals surface area contributed by atoms with E-state index in [-0.39, 0.29) is 0 Å². The van der Waals surface area contributed by atoms with Gasteiger partial charge < -0.3 is 10.1 Å². The highest BCUT2D eigenvalue weighted by atomic mass is 16.5. The monoisotopic (exact) mass is 208 g/mol. The Morgan fingerprint density at radius 1 is 1.40 bits per heavy atom. The molecule has 0 aliphatic carbocycles. The highest BCUT2D eigenvalue weighted by Crippen LogP contribution is 2.20. The van der Waals surface area contributed by atoms with Crippen molar-refractivity contribution >= 4 is 5.82 Å². The zero-order valence-corrected chi connectivity index (χ0v) is 10.0. The summed E-state index contributed by atoms with van der Waals surface area (Å²) in [6.07, 6.45) is 1.14. The van der Waals surface area contributed by atoms with Crippen molar-refractivity contribution in [3.8, 4) is 5.88 Å². The SMILES string of the molecule is CCC(C)(C)CNc1cccc(OC)n1. The van der Waals surface area contributed by atoms with Crippen molar-refractivity contribution in [1.82, 2.24) is 4.98 Å². The van der Waals surface area contributed by atoms with Gasteiger partial charge in [0.25, 0.3) is 0 Å². The summed E-state index contributed by atoms with van der Waals surface area (Å²) in [6, 6.07) is 5.73. The Labute approximate surface area is 91.9 Å². The van der Waals surface area contributed by atoms with Crippen LogP contribution in [-0.4, -0.2) is 18.6 Å². The number of hydrogen-bond donors (Lipinski definition) is 1. The van der Waals surface area contributed by atoms with Crippen LogP contribution in [0, 0.1) is 5.41 Å². The molecule has 0 radical (unpaired) electrons. The molecule has 0 aromatic carbocycles. The first kappa shape index (κ1) is 11.8. The van der Waals surface area contributed by atoms with Gasteiger partial charge in [-0.25, -0.2) is 0 Å². The molecule has 15 heavy (non-hydrogen) atoms. The fourth-order valence-corrected chi connectivity index (χ4v) is 1.08. The molecule has 1 aromatic heterocycles. The zero-order valence-electron chi connectivity index (χ0n) is 10.0. The number of anilines is 1. The fraction of sp³-hybridized carbons (Fsp3) is 0.583. The molecule has 1 N–H and O–H groups in total. The number of ether oxygens (including phenoxy) is 1. The average Bonchev–Trinajstić information content (AvgIpc) is 2.27. The zero-order chi connectivity index (χ0) is 11.3. The van der Waals surface area contributed by atoms with E-state index in [4.69, 9.17) is 4.74 Å². The predicted molar refractivity (Wildman–Crippen MR) is 63.4 cm³/mol. The van der Waals surface area contributed by atoms with E-state index in [1.54, 1.807) is 7.11 Å². The van der Waals surface area contributed by atoms with Crippen molar-refractivity contribution in [3.05, 3.63) is 18.2 Å². The van der Waals surface area contributed by atoms with Crippen LogP contribution in [-0.2, 0) is 0 Å². The molecule has 0 amide bonds. The van der Waals surface area contributed by atoms with Crippen LogP contribution >= 0.6 is 0 Å². The van der Waals surface area contributed by atoms with E-state index in [0.717, 1.165) is 18.8 Å². The minimum absolute atomic E-state index is 0.296. The molecule has 0 saturated carbocycles. The Balaban J connectivity index is 2.57. The topological polar surface area (TPSA) is 34.1 Å². The highest BCUT2D eigenvalue weighted by Gasteiger charge is 2.14. The second-order valence-corrected chi connectivity index (χ2v) is 4.44. The van der Waals surface area contributed by atoms with Crippen molar-refractivity contribution in [3.63, 3.8) is 0 Å². The van der Waals surface area contributed by atoms with Gasteiger partial charge in [0, 0.05) is 12.6 Å². The van der Waals surface area contributed by atoms with Crippen molar-refractivity contribution in [2.24, 2.45) is 5.41 Å². The fourth-order valence-electron chi connectivity index (χ4n) is 1.08. The first-order valence-electron chi connectivity index (χ1n) is 5.32. The van der Waals surface area contributed by atoms with Gasteiger partial charge in [0.05, 0.1) is 7.11 Å². The maximum atomic E-state index is 5.06. The standard InChI is InChI=1S/C12H20N2O/c1-5-12(2,3)9-13-10-7-6-8-11(14-10)15-4/h6-8H,5,9H2,1-4H3,(H,13,14). The third kappa shape index (κ3) is 3.78. The molecule has 0 bridgehead atoms. The molecule has 3 nitrogen and oxygen atoms in total. The molecule has 0 fully saturated rings. The molecule has 1 heterocycles. The molecule has 1 rings (SSSR count). The molecular weight excluding hydrogens is 188 g/mol. The van der Waals surface area contributed by atoms with Crippen LogP contribution in [0.15, 0.2) is 18.2 Å². The van der Waals surface area contributed by atoms with E-state index in [1.165, 1.54) is 0 Å². The smallest absolute Gasteiger partial charge is 0.214 e. The minimum Gasteiger partial charge on any atom is -0.481 e. The second kappa shape index (κ2) is 5.01. The van der Waals surface area contributed by atoms with E-state index in [2.05, 4.69) is 31.1 Å². The lowest BCUT2D eigenvalue weighted by Gasteiger charge is -2.23. The summed E-state index contributed by atoms with van der Waals surface area (Å²) >= 11 is 0. The van der Waals surface area contributed by atoms with Gasteiger partial charge in [-0.05, 0) is 17.9 Å². The lowest BCUT2D eigenvalue weighted by Crippen LogP contribution is -2.22. The normalized spacial score (nSPS) is 11.2. The number of methoxy groups -OCH3 is 1. The Morgan fingerprint density at radius 2 is 2.13 bits per heavy atom. The van der Waals surface area contributed by atoms with Crippen molar-refractivity contribution < 1.29 is 4.74 Å². The van der Waals surface area contributed by atoms with E-state index >= 15 is 0 Å². The predicted octanol–water partition coefficient (Wildman–Crippen LogP) is 2.94. The Bertz CT molecular complexity index is 310. The summed E-state index contributed by atoms with van der Waals surface area (Å²) in [7, 11) is 1.63. The largest absolute Gasteiger partial charge is 0.481 e. The summed E-state index contributed by atoms with van der Waals surface area (Å²) in [6.45, 7) is 7.59.